The molecule has 4 rings (SSSR count). The van der Waals surface area contributed by atoms with E-state index in [4.69, 9.17) is 11.6 Å². The molecule has 10 heteroatoms. The number of carbonyl (C=O) groups is 1. The van der Waals surface area contributed by atoms with E-state index in [0.29, 0.717) is 21.1 Å². The standard InChI is InChI=1S/C19H12ClF2N5OS/c20-11-1-4-13(5-2-11)27-18-14(8-25-27)19(24-10-23-18)29-9-17(28)26-12-3-6-15(21)16(22)7-12/h1-8,10H,9H2,(H,26,28). The molecule has 0 saturated heterocycles. The van der Waals surface area contributed by atoms with Crippen LogP contribution in [0.1, 0.15) is 0 Å². The molecule has 1 amide bonds. The van der Waals surface area contributed by atoms with E-state index in [1.165, 1.54) is 24.2 Å². The number of hydrogen-bond donors (Lipinski definition) is 1. The van der Waals surface area contributed by atoms with Gasteiger partial charge in [0, 0.05) is 16.8 Å². The fraction of sp³-hybridized carbons (Fsp3) is 0.0526. The van der Waals surface area contributed by atoms with Crippen LogP contribution in [0.3, 0.4) is 0 Å². The fourth-order valence-corrected chi connectivity index (χ4v) is 3.50. The summed E-state index contributed by atoms with van der Waals surface area (Å²) in [5.74, 6) is -2.35. The minimum atomic E-state index is -1.03. The molecule has 0 fully saturated rings. The van der Waals surface area contributed by atoms with Crippen LogP contribution in [-0.4, -0.2) is 31.4 Å². The molecule has 0 aliphatic heterocycles. The van der Waals surface area contributed by atoms with Crippen LogP contribution < -0.4 is 5.32 Å². The van der Waals surface area contributed by atoms with Crippen molar-refractivity contribution in [3.8, 4) is 5.69 Å². The number of hydrogen-bond acceptors (Lipinski definition) is 5. The van der Waals surface area contributed by atoms with Gasteiger partial charge in [0.05, 0.1) is 23.0 Å². The number of halogens is 3. The molecule has 0 aliphatic rings. The summed E-state index contributed by atoms with van der Waals surface area (Å²) in [4.78, 5) is 20.7. The molecular formula is C19H12ClF2N5OS. The van der Waals surface area contributed by atoms with Crippen molar-refractivity contribution in [2.45, 2.75) is 5.03 Å². The van der Waals surface area contributed by atoms with Crippen molar-refractivity contribution in [1.82, 2.24) is 19.7 Å². The molecule has 29 heavy (non-hydrogen) atoms. The van der Waals surface area contributed by atoms with Crippen molar-refractivity contribution >= 4 is 46.0 Å². The van der Waals surface area contributed by atoms with E-state index in [1.54, 1.807) is 23.0 Å². The lowest BCUT2D eigenvalue weighted by atomic mass is 10.3. The molecule has 0 radical (unpaired) electrons. The molecule has 146 valence electrons. The smallest absolute Gasteiger partial charge is 0.234 e. The van der Waals surface area contributed by atoms with E-state index in [-0.39, 0.29) is 17.3 Å². The molecule has 0 saturated carbocycles. The molecular weight excluding hydrogens is 420 g/mol. The van der Waals surface area contributed by atoms with Gasteiger partial charge in [0.15, 0.2) is 17.3 Å². The Morgan fingerprint density at radius 3 is 2.66 bits per heavy atom. The van der Waals surface area contributed by atoms with E-state index >= 15 is 0 Å². The third kappa shape index (κ3) is 4.20. The number of nitrogens with zero attached hydrogens (tertiary/aromatic N) is 4. The second-order valence-electron chi connectivity index (χ2n) is 5.91. The predicted molar refractivity (Wildman–Crippen MR) is 107 cm³/mol. The van der Waals surface area contributed by atoms with Crippen LogP contribution in [0.15, 0.2) is 60.0 Å². The minimum Gasteiger partial charge on any atom is -0.325 e. The lowest BCUT2D eigenvalue weighted by Crippen LogP contribution is -2.14. The number of fused-ring (bicyclic) bond motifs is 1. The van der Waals surface area contributed by atoms with Gasteiger partial charge in [-0.1, -0.05) is 23.4 Å². The molecule has 0 unspecified atom stereocenters. The lowest BCUT2D eigenvalue weighted by molar-refractivity contribution is -0.113. The Morgan fingerprint density at radius 1 is 1.10 bits per heavy atom. The van der Waals surface area contributed by atoms with Crippen molar-refractivity contribution in [3.05, 3.63) is 71.6 Å². The van der Waals surface area contributed by atoms with E-state index in [0.717, 1.165) is 17.8 Å². The molecule has 1 N–H and O–H groups in total. The molecule has 2 aromatic carbocycles. The van der Waals surface area contributed by atoms with Gasteiger partial charge in [-0.05, 0) is 36.4 Å². The first-order valence-electron chi connectivity index (χ1n) is 8.33. The number of carbonyl (C=O) groups excluding carboxylic acids is 1. The zero-order valence-electron chi connectivity index (χ0n) is 14.6. The van der Waals surface area contributed by atoms with Crippen molar-refractivity contribution in [3.63, 3.8) is 0 Å². The van der Waals surface area contributed by atoms with Crippen LogP contribution in [-0.2, 0) is 4.79 Å². The largest absolute Gasteiger partial charge is 0.325 e. The maximum atomic E-state index is 13.3. The minimum absolute atomic E-state index is 0.0250. The zero-order valence-corrected chi connectivity index (χ0v) is 16.2. The Morgan fingerprint density at radius 2 is 1.90 bits per heavy atom. The summed E-state index contributed by atoms with van der Waals surface area (Å²) in [6.07, 6.45) is 3.02. The van der Waals surface area contributed by atoms with Gasteiger partial charge in [0.25, 0.3) is 0 Å². The Balaban J connectivity index is 1.50. The maximum absolute atomic E-state index is 13.3. The highest BCUT2D eigenvalue weighted by molar-refractivity contribution is 8.00. The second-order valence-corrected chi connectivity index (χ2v) is 7.32. The van der Waals surface area contributed by atoms with Crippen LogP contribution in [0, 0.1) is 11.6 Å². The van der Waals surface area contributed by atoms with Gasteiger partial charge >= 0.3 is 0 Å². The van der Waals surface area contributed by atoms with Crippen molar-refractivity contribution < 1.29 is 13.6 Å². The normalized spacial score (nSPS) is 11.0. The number of aromatic nitrogens is 4. The van der Waals surface area contributed by atoms with Crippen LogP contribution in [0.2, 0.25) is 5.02 Å². The van der Waals surface area contributed by atoms with Gasteiger partial charge in [-0.3, -0.25) is 4.79 Å². The summed E-state index contributed by atoms with van der Waals surface area (Å²) in [5.41, 5.74) is 1.55. The highest BCUT2D eigenvalue weighted by atomic mass is 35.5. The molecule has 6 nitrogen and oxygen atoms in total. The van der Waals surface area contributed by atoms with Crippen LogP contribution in [0.25, 0.3) is 16.7 Å². The first-order valence-corrected chi connectivity index (χ1v) is 9.70. The lowest BCUT2D eigenvalue weighted by Gasteiger charge is -2.06. The molecule has 2 aromatic heterocycles. The van der Waals surface area contributed by atoms with E-state index in [2.05, 4.69) is 20.4 Å². The van der Waals surface area contributed by atoms with Crippen LogP contribution >= 0.6 is 23.4 Å². The van der Waals surface area contributed by atoms with E-state index in [1.807, 2.05) is 12.1 Å². The molecule has 0 aliphatic carbocycles. The summed E-state index contributed by atoms with van der Waals surface area (Å²) in [5, 5.41) is 8.75. The first kappa shape index (κ1) is 19.3. The van der Waals surface area contributed by atoms with E-state index in [9.17, 15) is 13.6 Å². The summed E-state index contributed by atoms with van der Waals surface area (Å²) in [7, 11) is 0. The number of nitrogens with one attached hydrogen (secondary N) is 1. The molecule has 2 heterocycles. The van der Waals surface area contributed by atoms with Gasteiger partial charge in [-0.15, -0.1) is 0 Å². The second kappa shape index (κ2) is 8.14. The molecule has 0 bridgehead atoms. The third-order valence-corrected chi connectivity index (χ3v) is 5.20. The number of benzene rings is 2. The van der Waals surface area contributed by atoms with Gasteiger partial charge in [-0.25, -0.2) is 23.4 Å². The van der Waals surface area contributed by atoms with Crippen molar-refractivity contribution in [2.24, 2.45) is 0 Å². The van der Waals surface area contributed by atoms with Gasteiger partial charge in [0.1, 0.15) is 11.4 Å². The average molecular weight is 432 g/mol. The Hall–Kier alpha value is -3.04. The summed E-state index contributed by atoms with van der Waals surface area (Å²) in [6, 6.07) is 10.3. The topological polar surface area (TPSA) is 72.7 Å². The summed E-state index contributed by atoms with van der Waals surface area (Å²) in [6.45, 7) is 0. The third-order valence-electron chi connectivity index (χ3n) is 3.94. The van der Waals surface area contributed by atoms with Crippen molar-refractivity contribution in [2.75, 3.05) is 11.1 Å². The van der Waals surface area contributed by atoms with Gasteiger partial charge in [0.2, 0.25) is 5.91 Å². The predicted octanol–water partition coefficient (Wildman–Crippen LogP) is 4.48. The summed E-state index contributed by atoms with van der Waals surface area (Å²) < 4.78 is 27.9. The van der Waals surface area contributed by atoms with Crippen LogP contribution in [0.4, 0.5) is 14.5 Å². The number of amides is 1. The monoisotopic (exact) mass is 431 g/mol. The number of thioether (sulfide) groups is 1. The van der Waals surface area contributed by atoms with Gasteiger partial charge in [-0.2, -0.15) is 5.10 Å². The number of rotatable bonds is 5. The fourth-order valence-electron chi connectivity index (χ4n) is 2.61. The highest BCUT2D eigenvalue weighted by Gasteiger charge is 2.13. The summed E-state index contributed by atoms with van der Waals surface area (Å²) >= 11 is 7.12. The van der Waals surface area contributed by atoms with Crippen LogP contribution in [0.5, 0.6) is 0 Å². The molecule has 0 spiro atoms. The van der Waals surface area contributed by atoms with Gasteiger partial charge < -0.3 is 5.32 Å². The Labute approximate surface area is 172 Å². The SMILES string of the molecule is O=C(CSc1ncnc2c1cnn2-c1ccc(Cl)cc1)Nc1ccc(F)c(F)c1. The zero-order chi connectivity index (χ0) is 20.4. The van der Waals surface area contributed by atoms with E-state index < -0.39 is 11.6 Å². The maximum Gasteiger partial charge on any atom is 0.234 e. The highest BCUT2D eigenvalue weighted by Crippen LogP contribution is 2.26. The Bertz CT molecular complexity index is 1200. The number of anilines is 1. The Kier molecular flexibility index (Phi) is 5.41. The quantitative estimate of drug-likeness (QED) is 0.372. The first-order chi connectivity index (χ1) is 14.0. The molecule has 0 atom stereocenters. The average Bonchev–Trinajstić information content (AvgIpc) is 3.14. The molecule has 4 aromatic rings. The van der Waals surface area contributed by atoms with Crippen molar-refractivity contribution in [1.29, 1.82) is 0 Å².